The van der Waals surface area contributed by atoms with Crippen LogP contribution in [-0.2, 0) is 14.3 Å². The first-order valence-corrected chi connectivity index (χ1v) is 9.25. The van der Waals surface area contributed by atoms with E-state index in [9.17, 15) is 10.1 Å². The predicted molar refractivity (Wildman–Crippen MR) is 106 cm³/mol. The molecule has 0 amide bonds. The molecule has 0 bridgehead atoms. The summed E-state index contributed by atoms with van der Waals surface area (Å²) in [5.74, 6) is -0.228. The van der Waals surface area contributed by atoms with Crippen molar-refractivity contribution in [2.24, 2.45) is 5.73 Å². The van der Waals surface area contributed by atoms with Crippen LogP contribution in [0.4, 0.5) is 0 Å². The van der Waals surface area contributed by atoms with Gasteiger partial charge in [0.25, 0.3) is 0 Å². The lowest BCUT2D eigenvalue weighted by Crippen LogP contribution is -2.25. The SMILES string of the molecule is C=CCOc1cc(Br)c(C2C(C#N)=C(N)OC(C)=C2C(=O)OCC)cc1OC. The molecule has 0 spiro atoms. The summed E-state index contributed by atoms with van der Waals surface area (Å²) in [6.45, 7) is 7.41. The summed E-state index contributed by atoms with van der Waals surface area (Å²) >= 11 is 3.50. The van der Waals surface area contributed by atoms with Gasteiger partial charge in [-0.25, -0.2) is 4.79 Å². The van der Waals surface area contributed by atoms with Crippen molar-refractivity contribution < 1.29 is 23.7 Å². The second kappa shape index (κ2) is 9.33. The van der Waals surface area contributed by atoms with Crippen LogP contribution in [0.3, 0.4) is 0 Å². The second-order valence-electron chi connectivity index (χ2n) is 5.74. The lowest BCUT2D eigenvalue weighted by atomic mass is 9.83. The molecule has 1 atom stereocenters. The summed E-state index contributed by atoms with van der Waals surface area (Å²) in [5.41, 5.74) is 6.83. The number of hydrogen-bond donors (Lipinski definition) is 1. The molecule has 1 aliphatic rings. The van der Waals surface area contributed by atoms with Gasteiger partial charge in [0.2, 0.25) is 5.88 Å². The van der Waals surface area contributed by atoms with Gasteiger partial charge in [0.1, 0.15) is 24.0 Å². The zero-order valence-electron chi connectivity index (χ0n) is 15.9. The highest BCUT2D eigenvalue weighted by Crippen LogP contribution is 2.45. The van der Waals surface area contributed by atoms with Crippen molar-refractivity contribution in [3.8, 4) is 17.6 Å². The van der Waals surface area contributed by atoms with Crippen LogP contribution in [0, 0.1) is 11.3 Å². The number of benzene rings is 1. The average Bonchev–Trinajstić information content (AvgIpc) is 2.66. The van der Waals surface area contributed by atoms with Crippen molar-refractivity contribution in [2.45, 2.75) is 19.8 Å². The minimum atomic E-state index is -0.783. The van der Waals surface area contributed by atoms with E-state index in [-0.39, 0.29) is 29.4 Å². The van der Waals surface area contributed by atoms with E-state index < -0.39 is 11.9 Å². The Kier molecular flexibility index (Phi) is 7.12. The number of methoxy groups -OCH3 is 1. The molecule has 0 saturated carbocycles. The van der Waals surface area contributed by atoms with E-state index in [1.165, 1.54) is 7.11 Å². The monoisotopic (exact) mass is 448 g/mol. The number of halogens is 1. The van der Waals surface area contributed by atoms with Gasteiger partial charge in [-0.05, 0) is 31.5 Å². The summed E-state index contributed by atoms with van der Waals surface area (Å²) < 4.78 is 22.2. The van der Waals surface area contributed by atoms with Crippen molar-refractivity contribution in [1.82, 2.24) is 0 Å². The summed E-state index contributed by atoms with van der Waals surface area (Å²) in [4.78, 5) is 12.6. The van der Waals surface area contributed by atoms with Crippen LogP contribution < -0.4 is 15.2 Å². The lowest BCUT2D eigenvalue weighted by Gasteiger charge is -2.28. The highest BCUT2D eigenvalue weighted by molar-refractivity contribution is 9.10. The Morgan fingerprint density at radius 3 is 2.75 bits per heavy atom. The van der Waals surface area contributed by atoms with Crippen LogP contribution in [0.25, 0.3) is 0 Å². The number of nitrogens with two attached hydrogens (primary N) is 1. The van der Waals surface area contributed by atoms with E-state index >= 15 is 0 Å². The minimum absolute atomic E-state index is 0.0594. The maximum atomic E-state index is 12.6. The van der Waals surface area contributed by atoms with Crippen LogP contribution in [0.15, 0.2) is 52.0 Å². The number of carbonyl (C=O) groups excluding carboxylic acids is 1. The highest BCUT2D eigenvalue weighted by Gasteiger charge is 2.37. The molecule has 0 fully saturated rings. The molecule has 1 heterocycles. The van der Waals surface area contributed by atoms with Gasteiger partial charge in [-0.1, -0.05) is 28.6 Å². The van der Waals surface area contributed by atoms with Gasteiger partial charge in [-0.15, -0.1) is 0 Å². The predicted octanol–water partition coefficient (Wildman–Crippen LogP) is 3.67. The first-order chi connectivity index (χ1) is 13.4. The topological polar surface area (TPSA) is 104 Å². The summed E-state index contributed by atoms with van der Waals surface area (Å²) in [7, 11) is 1.50. The van der Waals surface area contributed by atoms with E-state index in [2.05, 4.69) is 22.5 Å². The molecule has 0 aliphatic carbocycles. The Morgan fingerprint density at radius 2 is 2.18 bits per heavy atom. The zero-order valence-corrected chi connectivity index (χ0v) is 17.5. The highest BCUT2D eigenvalue weighted by atomic mass is 79.9. The van der Waals surface area contributed by atoms with Gasteiger partial charge in [-0.3, -0.25) is 0 Å². The van der Waals surface area contributed by atoms with Crippen molar-refractivity contribution in [3.63, 3.8) is 0 Å². The fraction of sp³-hybridized carbons (Fsp3) is 0.300. The number of esters is 1. The normalized spacial score (nSPS) is 16.2. The molecule has 2 rings (SSSR count). The molecule has 1 aromatic carbocycles. The average molecular weight is 449 g/mol. The van der Waals surface area contributed by atoms with E-state index in [0.29, 0.717) is 28.1 Å². The van der Waals surface area contributed by atoms with Crippen LogP contribution in [0.1, 0.15) is 25.3 Å². The van der Waals surface area contributed by atoms with Crippen molar-refractivity contribution in [2.75, 3.05) is 20.3 Å². The number of allylic oxidation sites excluding steroid dienone is 2. The molecule has 2 N–H and O–H groups in total. The van der Waals surface area contributed by atoms with E-state index in [1.54, 1.807) is 32.1 Å². The molecule has 7 nitrogen and oxygen atoms in total. The first-order valence-electron chi connectivity index (χ1n) is 8.46. The van der Waals surface area contributed by atoms with Crippen LogP contribution in [-0.4, -0.2) is 26.3 Å². The van der Waals surface area contributed by atoms with E-state index in [0.717, 1.165) is 0 Å². The zero-order chi connectivity index (χ0) is 20.8. The number of nitrogens with zero attached hydrogens (tertiary/aromatic N) is 1. The molecule has 8 heteroatoms. The van der Waals surface area contributed by atoms with Crippen LogP contribution in [0.5, 0.6) is 11.5 Å². The fourth-order valence-corrected chi connectivity index (χ4v) is 3.41. The van der Waals surface area contributed by atoms with Gasteiger partial charge >= 0.3 is 5.97 Å². The number of rotatable bonds is 7. The smallest absolute Gasteiger partial charge is 0.338 e. The van der Waals surface area contributed by atoms with Gasteiger partial charge in [0.05, 0.1) is 25.2 Å². The molecule has 1 aromatic rings. The van der Waals surface area contributed by atoms with Crippen LogP contribution in [0.2, 0.25) is 0 Å². The van der Waals surface area contributed by atoms with Crippen molar-refractivity contribution in [1.29, 1.82) is 5.26 Å². The standard InChI is InChI=1S/C20H21BrN2O5/c1-5-7-27-16-9-14(21)12(8-15(16)25-4)18-13(10-22)19(23)28-11(3)17(18)20(24)26-6-2/h5,8-9,18H,1,6-7,23H2,2-4H3. The number of carbonyl (C=O) groups is 1. The Morgan fingerprint density at radius 1 is 1.46 bits per heavy atom. The van der Waals surface area contributed by atoms with E-state index in [4.69, 9.17) is 24.7 Å². The summed E-state index contributed by atoms with van der Waals surface area (Å²) in [6.07, 6.45) is 1.61. The number of ether oxygens (including phenoxy) is 4. The van der Waals surface area contributed by atoms with Crippen molar-refractivity contribution >= 4 is 21.9 Å². The first kappa shape index (κ1) is 21.4. The molecule has 0 radical (unpaired) electrons. The maximum Gasteiger partial charge on any atom is 0.338 e. The molecule has 0 saturated heterocycles. The summed E-state index contributed by atoms with van der Waals surface area (Å²) in [5, 5.41) is 9.67. The molecular formula is C20H21BrN2O5. The second-order valence-corrected chi connectivity index (χ2v) is 6.59. The third-order valence-electron chi connectivity index (χ3n) is 4.05. The molecule has 1 aliphatic heterocycles. The summed E-state index contributed by atoms with van der Waals surface area (Å²) in [6, 6.07) is 5.44. The fourth-order valence-electron chi connectivity index (χ4n) is 2.86. The Labute approximate surface area is 172 Å². The quantitative estimate of drug-likeness (QED) is 0.501. The van der Waals surface area contributed by atoms with Gasteiger partial charge in [0.15, 0.2) is 11.5 Å². The number of hydrogen-bond acceptors (Lipinski definition) is 7. The van der Waals surface area contributed by atoms with Gasteiger partial charge in [-0.2, -0.15) is 5.26 Å². The Bertz CT molecular complexity index is 899. The van der Waals surface area contributed by atoms with Crippen molar-refractivity contribution in [3.05, 3.63) is 57.6 Å². The Hall–Kier alpha value is -2.92. The Balaban J connectivity index is 2.68. The van der Waals surface area contributed by atoms with Crippen LogP contribution >= 0.6 is 15.9 Å². The third kappa shape index (κ3) is 4.15. The minimum Gasteiger partial charge on any atom is -0.493 e. The lowest BCUT2D eigenvalue weighted by molar-refractivity contribution is -0.139. The number of nitriles is 1. The van der Waals surface area contributed by atoms with Gasteiger partial charge < -0.3 is 24.7 Å². The largest absolute Gasteiger partial charge is 0.493 e. The molecule has 28 heavy (non-hydrogen) atoms. The van der Waals surface area contributed by atoms with E-state index in [1.807, 2.05) is 6.07 Å². The molecule has 1 unspecified atom stereocenters. The molecular weight excluding hydrogens is 428 g/mol. The maximum absolute atomic E-state index is 12.6. The van der Waals surface area contributed by atoms with Gasteiger partial charge in [0, 0.05) is 4.47 Å². The molecule has 148 valence electrons. The molecule has 0 aromatic heterocycles. The third-order valence-corrected chi connectivity index (χ3v) is 4.74.